The van der Waals surface area contributed by atoms with Gasteiger partial charge in [0.25, 0.3) is 0 Å². The highest BCUT2D eigenvalue weighted by atomic mass is 79.9. The molecule has 0 spiro atoms. The van der Waals surface area contributed by atoms with Crippen LogP contribution in [-0.2, 0) is 14.3 Å². The normalized spacial score (nSPS) is 16.5. The van der Waals surface area contributed by atoms with Crippen LogP contribution in [0.5, 0.6) is 11.5 Å². The Kier molecular flexibility index (Phi) is 7.02. The summed E-state index contributed by atoms with van der Waals surface area (Å²) in [6.07, 6.45) is 2.20. The minimum atomic E-state index is -0.811. The number of hydrogen-bond donors (Lipinski definition) is 2. The van der Waals surface area contributed by atoms with Crippen molar-refractivity contribution in [3.8, 4) is 11.5 Å². The predicted octanol–water partition coefficient (Wildman–Crippen LogP) is 0.466. The van der Waals surface area contributed by atoms with Gasteiger partial charge in [0.2, 0.25) is 6.79 Å². The van der Waals surface area contributed by atoms with Crippen molar-refractivity contribution < 1.29 is 23.8 Å². The number of amides is 2. The monoisotopic (exact) mass is 440 g/mol. The first-order chi connectivity index (χ1) is 13.1. The number of rotatable bonds is 6. The molecule has 1 fully saturated rings. The standard InChI is InChI=1S/C17H21BrN4O5/c18-13-9-15-14(26-11-27-15)8-12(13)10-20-21-17(24)16(23)19-2-1-3-22-4-6-25-7-5-22/h8-10H,1-7,11H2,(H,19,23)(H,21,24)/b20-10-. The van der Waals surface area contributed by atoms with E-state index in [1.165, 1.54) is 6.21 Å². The third-order valence-corrected chi connectivity index (χ3v) is 4.79. The van der Waals surface area contributed by atoms with E-state index in [9.17, 15) is 9.59 Å². The van der Waals surface area contributed by atoms with Crippen molar-refractivity contribution in [3.63, 3.8) is 0 Å². The van der Waals surface area contributed by atoms with Crippen molar-refractivity contribution in [2.45, 2.75) is 6.42 Å². The van der Waals surface area contributed by atoms with Gasteiger partial charge in [0.05, 0.1) is 19.4 Å². The maximum Gasteiger partial charge on any atom is 0.329 e. The number of ether oxygens (including phenoxy) is 3. The molecule has 2 aliphatic heterocycles. The van der Waals surface area contributed by atoms with Crippen LogP contribution in [0.3, 0.4) is 0 Å². The lowest BCUT2D eigenvalue weighted by Crippen LogP contribution is -2.40. The van der Waals surface area contributed by atoms with E-state index in [0.717, 1.165) is 43.7 Å². The van der Waals surface area contributed by atoms with Crippen molar-refractivity contribution >= 4 is 34.0 Å². The van der Waals surface area contributed by atoms with Crippen LogP contribution in [0, 0.1) is 0 Å². The summed E-state index contributed by atoms with van der Waals surface area (Å²) in [5.41, 5.74) is 2.90. The van der Waals surface area contributed by atoms with Crippen molar-refractivity contribution in [1.29, 1.82) is 0 Å². The first kappa shape index (κ1) is 19.6. The Balaban J connectivity index is 1.38. The number of nitrogens with zero attached hydrogens (tertiary/aromatic N) is 2. The highest BCUT2D eigenvalue weighted by Crippen LogP contribution is 2.36. The molecule has 10 heteroatoms. The lowest BCUT2D eigenvalue weighted by molar-refractivity contribution is -0.139. The van der Waals surface area contributed by atoms with Crippen molar-refractivity contribution in [2.75, 3.05) is 46.2 Å². The summed E-state index contributed by atoms with van der Waals surface area (Å²) in [6, 6.07) is 3.49. The Bertz CT molecular complexity index is 722. The average molecular weight is 441 g/mol. The molecule has 0 radical (unpaired) electrons. The highest BCUT2D eigenvalue weighted by Gasteiger charge is 2.16. The van der Waals surface area contributed by atoms with Gasteiger partial charge in [-0.25, -0.2) is 5.43 Å². The maximum atomic E-state index is 11.8. The molecule has 0 unspecified atom stereocenters. The lowest BCUT2D eigenvalue weighted by atomic mass is 10.2. The number of morpholine rings is 1. The number of nitrogens with one attached hydrogen (secondary N) is 2. The Morgan fingerprint density at radius 1 is 1.19 bits per heavy atom. The smallest absolute Gasteiger partial charge is 0.329 e. The minimum absolute atomic E-state index is 0.171. The quantitative estimate of drug-likeness (QED) is 0.288. The zero-order valence-corrected chi connectivity index (χ0v) is 16.3. The maximum absolute atomic E-state index is 11.8. The molecule has 9 nitrogen and oxygen atoms in total. The average Bonchev–Trinajstić information content (AvgIpc) is 3.13. The molecule has 1 aromatic carbocycles. The predicted molar refractivity (Wildman–Crippen MR) is 101 cm³/mol. The largest absolute Gasteiger partial charge is 0.454 e. The summed E-state index contributed by atoms with van der Waals surface area (Å²) in [5, 5.41) is 6.40. The first-order valence-corrected chi connectivity index (χ1v) is 9.43. The van der Waals surface area contributed by atoms with Crippen LogP contribution in [0.2, 0.25) is 0 Å². The Morgan fingerprint density at radius 3 is 2.70 bits per heavy atom. The molecule has 2 aliphatic rings. The molecule has 146 valence electrons. The first-order valence-electron chi connectivity index (χ1n) is 8.64. The fraction of sp³-hybridized carbons (Fsp3) is 0.471. The van der Waals surface area contributed by atoms with Crippen LogP contribution >= 0.6 is 15.9 Å². The summed E-state index contributed by atoms with van der Waals surface area (Å²) in [6.45, 7) is 4.75. The van der Waals surface area contributed by atoms with Crippen LogP contribution in [0.1, 0.15) is 12.0 Å². The van der Waals surface area contributed by atoms with Gasteiger partial charge in [0, 0.05) is 29.7 Å². The second-order valence-electron chi connectivity index (χ2n) is 5.99. The van der Waals surface area contributed by atoms with E-state index < -0.39 is 11.8 Å². The van der Waals surface area contributed by atoms with E-state index in [1.807, 2.05) is 0 Å². The van der Waals surface area contributed by atoms with Gasteiger partial charge >= 0.3 is 11.8 Å². The number of benzene rings is 1. The van der Waals surface area contributed by atoms with Gasteiger partial charge in [0.15, 0.2) is 11.5 Å². The van der Waals surface area contributed by atoms with Gasteiger partial charge in [-0.05, 0) is 41.0 Å². The lowest BCUT2D eigenvalue weighted by Gasteiger charge is -2.26. The third-order valence-electron chi connectivity index (χ3n) is 4.11. The van der Waals surface area contributed by atoms with Gasteiger partial charge in [0.1, 0.15) is 0 Å². The summed E-state index contributed by atoms with van der Waals surface area (Å²) < 4.78 is 16.6. The van der Waals surface area contributed by atoms with Gasteiger partial charge in [-0.1, -0.05) is 0 Å². The molecule has 0 atom stereocenters. The van der Waals surface area contributed by atoms with E-state index in [-0.39, 0.29) is 6.79 Å². The molecule has 2 amide bonds. The molecule has 3 rings (SSSR count). The molecule has 2 N–H and O–H groups in total. The van der Waals surface area contributed by atoms with Gasteiger partial charge in [-0.2, -0.15) is 5.10 Å². The van der Waals surface area contributed by atoms with Crippen LogP contribution in [0.4, 0.5) is 0 Å². The molecule has 0 aliphatic carbocycles. The number of halogens is 1. The molecule has 1 saturated heterocycles. The van der Waals surface area contributed by atoms with Gasteiger partial charge in [-0.15, -0.1) is 0 Å². The summed E-state index contributed by atoms with van der Waals surface area (Å²) in [7, 11) is 0. The molecule has 0 bridgehead atoms. The fourth-order valence-corrected chi connectivity index (χ4v) is 3.08. The molecule has 27 heavy (non-hydrogen) atoms. The minimum Gasteiger partial charge on any atom is -0.454 e. The second-order valence-corrected chi connectivity index (χ2v) is 6.84. The van der Waals surface area contributed by atoms with Gasteiger partial charge in [-0.3, -0.25) is 14.5 Å². The van der Waals surface area contributed by atoms with Crippen molar-refractivity contribution in [2.24, 2.45) is 5.10 Å². The SMILES string of the molecule is O=C(NCCCN1CCOCC1)C(=O)N/N=C\c1cc2c(cc1Br)OCO2. The van der Waals surface area contributed by atoms with Crippen molar-refractivity contribution in [1.82, 2.24) is 15.6 Å². The Labute approximate surface area is 165 Å². The second kappa shape index (κ2) is 9.67. The van der Waals surface area contributed by atoms with Gasteiger partial charge < -0.3 is 19.5 Å². The van der Waals surface area contributed by atoms with E-state index in [0.29, 0.717) is 23.6 Å². The summed E-state index contributed by atoms with van der Waals surface area (Å²) in [5.74, 6) is -0.281. The summed E-state index contributed by atoms with van der Waals surface area (Å²) in [4.78, 5) is 25.8. The third kappa shape index (κ3) is 5.65. The van der Waals surface area contributed by atoms with Crippen LogP contribution in [0.25, 0.3) is 0 Å². The number of fused-ring (bicyclic) bond motifs is 1. The van der Waals surface area contributed by atoms with Crippen molar-refractivity contribution in [3.05, 3.63) is 22.2 Å². The topological polar surface area (TPSA) is 101 Å². The Hall–Kier alpha value is -2.17. The Morgan fingerprint density at radius 2 is 1.93 bits per heavy atom. The van der Waals surface area contributed by atoms with Crippen LogP contribution in [0.15, 0.2) is 21.7 Å². The molecular weight excluding hydrogens is 420 g/mol. The van der Waals surface area contributed by atoms with Crippen LogP contribution in [-0.4, -0.2) is 69.1 Å². The molecule has 1 aromatic rings. The number of carbonyl (C=O) groups excluding carboxylic acids is 2. The molecular formula is C17H21BrN4O5. The van der Waals surface area contributed by atoms with E-state index in [2.05, 4.69) is 36.7 Å². The van der Waals surface area contributed by atoms with E-state index in [1.54, 1.807) is 12.1 Å². The molecule has 0 aromatic heterocycles. The number of carbonyl (C=O) groups is 2. The molecule has 0 saturated carbocycles. The zero-order chi connectivity index (χ0) is 19.1. The highest BCUT2D eigenvalue weighted by molar-refractivity contribution is 9.10. The molecule has 2 heterocycles. The van der Waals surface area contributed by atoms with Crippen LogP contribution < -0.4 is 20.2 Å². The fourth-order valence-electron chi connectivity index (χ4n) is 2.65. The van der Waals surface area contributed by atoms with E-state index >= 15 is 0 Å². The van der Waals surface area contributed by atoms with E-state index in [4.69, 9.17) is 14.2 Å². The summed E-state index contributed by atoms with van der Waals surface area (Å²) >= 11 is 3.39. The number of hydrazone groups is 1. The zero-order valence-electron chi connectivity index (χ0n) is 14.7. The number of hydrogen-bond acceptors (Lipinski definition) is 7.